The molecular formula is C22H35N5O4. The van der Waals surface area contributed by atoms with Crippen molar-refractivity contribution in [3.63, 3.8) is 0 Å². The molecule has 0 radical (unpaired) electrons. The average Bonchev–Trinajstić information content (AvgIpc) is 3.25. The van der Waals surface area contributed by atoms with Crippen LogP contribution < -0.4 is 15.4 Å². The van der Waals surface area contributed by atoms with E-state index in [0.29, 0.717) is 44.1 Å². The van der Waals surface area contributed by atoms with Crippen molar-refractivity contribution in [3.8, 4) is 5.75 Å². The molecule has 1 aromatic carbocycles. The number of nitrogens with two attached hydrogens (primary N) is 1. The highest BCUT2D eigenvalue weighted by Crippen LogP contribution is 2.26. The molecule has 9 nitrogen and oxygen atoms in total. The minimum absolute atomic E-state index is 0.0404. The molecule has 172 valence electrons. The molecule has 0 aromatic heterocycles. The van der Waals surface area contributed by atoms with E-state index in [4.69, 9.17) is 20.4 Å². The van der Waals surface area contributed by atoms with Gasteiger partial charge in [-0.05, 0) is 58.8 Å². The number of hydrogen-bond acceptors (Lipinski definition) is 7. The standard InChI is InChI=1S/C22H35N5O4/c1-22(2,3)31-21(28)27-10-8-26(9-11-27)18-14-17(20(23)24-29)15-19(16-18)30-13-12-25-6-4-5-7-25/h14-16,29H,4-13H2,1-3H3,(H2,23,24). The number of hydrogen-bond donors (Lipinski definition) is 2. The van der Waals surface area contributed by atoms with Crippen molar-refractivity contribution in [1.29, 1.82) is 0 Å². The first-order chi connectivity index (χ1) is 14.7. The fourth-order valence-corrected chi connectivity index (χ4v) is 3.83. The molecule has 0 aliphatic carbocycles. The number of nitrogens with zero attached hydrogens (tertiary/aromatic N) is 4. The molecule has 2 saturated heterocycles. The first kappa shape index (κ1) is 23.0. The Morgan fingerprint density at radius 3 is 2.39 bits per heavy atom. The lowest BCUT2D eigenvalue weighted by atomic mass is 10.1. The van der Waals surface area contributed by atoms with Crippen LogP contribution in [0.25, 0.3) is 0 Å². The maximum Gasteiger partial charge on any atom is 0.410 e. The van der Waals surface area contributed by atoms with Crippen LogP contribution in [0.2, 0.25) is 0 Å². The van der Waals surface area contributed by atoms with Crippen LogP contribution in [-0.2, 0) is 4.74 Å². The Hall–Kier alpha value is -2.68. The van der Waals surface area contributed by atoms with Gasteiger partial charge in [0.15, 0.2) is 5.84 Å². The molecular weight excluding hydrogens is 398 g/mol. The van der Waals surface area contributed by atoms with Gasteiger partial charge < -0.3 is 30.2 Å². The molecule has 2 aliphatic heterocycles. The van der Waals surface area contributed by atoms with Crippen LogP contribution in [0.1, 0.15) is 39.2 Å². The molecule has 31 heavy (non-hydrogen) atoms. The topological polar surface area (TPSA) is 104 Å². The van der Waals surface area contributed by atoms with E-state index in [1.807, 2.05) is 32.9 Å². The molecule has 0 atom stereocenters. The molecule has 0 spiro atoms. The fraction of sp³-hybridized carbons (Fsp3) is 0.636. The Kier molecular flexibility index (Phi) is 7.48. The Labute approximate surface area is 184 Å². The number of carbonyl (C=O) groups is 1. The lowest BCUT2D eigenvalue weighted by Gasteiger charge is -2.37. The SMILES string of the molecule is CC(C)(C)OC(=O)N1CCN(c2cc(OCCN3CCCC3)cc(/C(N)=N/O)c2)CC1. The van der Waals surface area contributed by atoms with Crippen molar-refractivity contribution < 1.29 is 19.5 Å². The summed E-state index contributed by atoms with van der Waals surface area (Å²) >= 11 is 0. The minimum atomic E-state index is -0.509. The summed E-state index contributed by atoms with van der Waals surface area (Å²) in [5.41, 5.74) is 6.87. The van der Waals surface area contributed by atoms with Crippen LogP contribution in [0.4, 0.5) is 10.5 Å². The van der Waals surface area contributed by atoms with Gasteiger partial charge in [0, 0.05) is 50.0 Å². The smallest absolute Gasteiger partial charge is 0.410 e. The van der Waals surface area contributed by atoms with E-state index in [0.717, 1.165) is 25.3 Å². The molecule has 3 rings (SSSR count). The Morgan fingerprint density at radius 2 is 1.77 bits per heavy atom. The zero-order chi connectivity index (χ0) is 22.4. The summed E-state index contributed by atoms with van der Waals surface area (Å²) < 4.78 is 11.5. The largest absolute Gasteiger partial charge is 0.492 e. The van der Waals surface area contributed by atoms with Gasteiger partial charge in [0.1, 0.15) is 18.0 Å². The van der Waals surface area contributed by atoms with Gasteiger partial charge in [-0.1, -0.05) is 5.16 Å². The lowest BCUT2D eigenvalue weighted by molar-refractivity contribution is 0.0240. The summed E-state index contributed by atoms with van der Waals surface area (Å²) in [6, 6.07) is 5.65. The van der Waals surface area contributed by atoms with Gasteiger partial charge in [0.2, 0.25) is 0 Å². The van der Waals surface area contributed by atoms with E-state index in [-0.39, 0.29) is 11.9 Å². The number of amidine groups is 1. The van der Waals surface area contributed by atoms with Gasteiger partial charge in [0.25, 0.3) is 0 Å². The molecule has 2 fully saturated rings. The first-order valence-electron chi connectivity index (χ1n) is 11.0. The van der Waals surface area contributed by atoms with Crippen LogP contribution in [-0.4, -0.2) is 85.0 Å². The highest BCUT2D eigenvalue weighted by atomic mass is 16.6. The Balaban J connectivity index is 1.64. The number of benzene rings is 1. The monoisotopic (exact) mass is 433 g/mol. The quantitative estimate of drug-likeness (QED) is 0.307. The van der Waals surface area contributed by atoms with Crippen LogP contribution in [0.5, 0.6) is 5.75 Å². The zero-order valence-corrected chi connectivity index (χ0v) is 18.8. The van der Waals surface area contributed by atoms with Gasteiger partial charge >= 0.3 is 6.09 Å². The molecule has 2 heterocycles. The number of carbonyl (C=O) groups excluding carboxylic acids is 1. The molecule has 1 amide bonds. The number of rotatable bonds is 6. The first-order valence-corrected chi connectivity index (χ1v) is 11.0. The molecule has 0 bridgehead atoms. The van der Waals surface area contributed by atoms with E-state index in [1.54, 1.807) is 11.0 Å². The van der Waals surface area contributed by atoms with E-state index in [9.17, 15) is 4.79 Å². The van der Waals surface area contributed by atoms with Crippen LogP contribution in [0, 0.1) is 0 Å². The summed E-state index contributed by atoms with van der Waals surface area (Å²) in [6.07, 6.45) is 2.21. The van der Waals surface area contributed by atoms with Gasteiger partial charge in [-0.2, -0.15) is 0 Å². The van der Waals surface area contributed by atoms with Crippen molar-refractivity contribution in [2.24, 2.45) is 10.9 Å². The van der Waals surface area contributed by atoms with E-state index < -0.39 is 5.60 Å². The van der Waals surface area contributed by atoms with Crippen LogP contribution in [0.3, 0.4) is 0 Å². The molecule has 0 saturated carbocycles. The van der Waals surface area contributed by atoms with E-state index in [2.05, 4.69) is 15.0 Å². The number of oxime groups is 1. The third-order valence-electron chi connectivity index (χ3n) is 5.47. The summed E-state index contributed by atoms with van der Waals surface area (Å²) in [5, 5.41) is 12.3. The molecule has 1 aromatic rings. The number of amides is 1. The summed E-state index contributed by atoms with van der Waals surface area (Å²) in [4.78, 5) is 18.6. The van der Waals surface area contributed by atoms with Crippen LogP contribution in [0.15, 0.2) is 23.4 Å². The fourth-order valence-electron chi connectivity index (χ4n) is 3.83. The highest BCUT2D eigenvalue weighted by molar-refractivity contribution is 5.98. The summed E-state index contributed by atoms with van der Waals surface area (Å²) in [5.74, 6) is 0.728. The molecule has 3 N–H and O–H groups in total. The highest BCUT2D eigenvalue weighted by Gasteiger charge is 2.26. The molecule has 2 aliphatic rings. The lowest BCUT2D eigenvalue weighted by Crippen LogP contribution is -2.50. The third kappa shape index (κ3) is 6.65. The number of likely N-dealkylation sites (tertiary alicyclic amines) is 1. The second-order valence-corrected chi connectivity index (χ2v) is 9.05. The second-order valence-electron chi connectivity index (χ2n) is 9.05. The molecule has 9 heteroatoms. The summed E-state index contributed by atoms with van der Waals surface area (Å²) in [7, 11) is 0. The van der Waals surface area contributed by atoms with E-state index in [1.165, 1.54) is 12.8 Å². The maximum atomic E-state index is 12.3. The van der Waals surface area contributed by atoms with Crippen molar-refractivity contribution in [2.45, 2.75) is 39.2 Å². The molecule has 0 unspecified atom stereocenters. The predicted molar refractivity (Wildman–Crippen MR) is 120 cm³/mol. The van der Waals surface area contributed by atoms with Crippen LogP contribution >= 0.6 is 0 Å². The Bertz CT molecular complexity index is 779. The van der Waals surface area contributed by atoms with Crippen molar-refractivity contribution in [3.05, 3.63) is 23.8 Å². The summed E-state index contributed by atoms with van der Waals surface area (Å²) in [6.45, 7) is 11.8. The van der Waals surface area contributed by atoms with E-state index >= 15 is 0 Å². The Morgan fingerprint density at radius 1 is 1.10 bits per heavy atom. The normalized spacial score (nSPS) is 18.4. The zero-order valence-electron chi connectivity index (χ0n) is 18.8. The minimum Gasteiger partial charge on any atom is -0.492 e. The van der Waals surface area contributed by atoms with Crippen molar-refractivity contribution >= 4 is 17.6 Å². The number of piperazine rings is 1. The van der Waals surface area contributed by atoms with Gasteiger partial charge in [0.05, 0.1) is 0 Å². The number of anilines is 1. The van der Waals surface area contributed by atoms with Gasteiger partial charge in [-0.25, -0.2) is 4.79 Å². The van der Waals surface area contributed by atoms with Crippen molar-refractivity contribution in [1.82, 2.24) is 9.80 Å². The predicted octanol–water partition coefficient (Wildman–Crippen LogP) is 2.31. The maximum absolute atomic E-state index is 12.3. The third-order valence-corrected chi connectivity index (χ3v) is 5.47. The van der Waals surface area contributed by atoms with Gasteiger partial charge in [-0.15, -0.1) is 0 Å². The second kappa shape index (κ2) is 10.1. The van der Waals surface area contributed by atoms with Crippen molar-refractivity contribution in [2.75, 3.05) is 57.3 Å². The number of ether oxygens (including phenoxy) is 2. The van der Waals surface area contributed by atoms with Gasteiger partial charge in [-0.3, -0.25) is 4.90 Å². The average molecular weight is 434 g/mol.